The van der Waals surface area contributed by atoms with Gasteiger partial charge >= 0.3 is 0 Å². The summed E-state index contributed by atoms with van der Waals surface area (Å²) in [6.45, 7) is -0.229. The second-order valence-electron chi connectivity index (χ2n) is 4.13. The van der Waals surface area contributed by atoms with Gasteiger partial charge in [-0.25, -0.2) is 8.42 Å². The zero-order chi connectivity index (χ0) is 14.6. The maximum Gasteiger partial charge on any atom is 0.243 e. The molecule has 0 radical (unpaired) electrons. The van der Waals surface area contributed by atoms with Crippen LogP contribution < -0.4 is 5.32 Å². The minimum absolute atomic E-state index is 0.172. The van der Waals surface area contributed by atoms with Crippen molar-refractivity contribution in [2.75, 3.05) is 18.9 Å². The minimum Gasteiger partial charge on any atom is -0.324 e. The van der Waals surface area contributed by atoms with Gasteiger partial charge < -0.3 is 5.32 Å². The Morgan fingerprint density at radius 3 is 2.55 bits per heavy atom. The van der Waals surface area contributed by atoms with E-state index in [0.717, 1.165) is 4.31 Å². The first-order valence-electron chi connectivity index (χ1n) is 5.83. The maximum atomic E-state index is 12.2. The highest BCUT2D eigenvalue weighted by molar-refractivity contribution is 7.89. The summed E-state index contributed by atoms with van der Waals surface area (Å²) in [4.78, 5) is 12.0. The normalized spacial score (nSPS) is 11.5. The van der Waals surface area contributed by atoms with Crippen LogP contribution in [-0.4, -0.2) is 32.2 Å². The van der Waals surface area contributed by atoms with Crippen LogP contribution >= 0.6 is 11.3 Å². The minimum atomic E-state index is -3.64. The lowest BCUT2D eigenvalue weighted by Gasteiger charge is -2.16. The number of nitrogens with one attached hydrogen (secondary N) is 1. The predicted molar refractivity (Wildman–Crippen MR) is 79.2 cm³/mol. The molecule has 0 unspecified atom stereocenters. The summed E-state index contributed by atoms with van der Waals surface area (Å²) in [7, 11) is -2.25. The lowest BCUT2D eigenvalue weighted by atomic mass is 10.4. The first kappa shape index (κ1) is 14.7. The summed E-state index contributed by atoms with van der Waals surface area (Å²) >= 11 is 1.46. The average molecular weight is 310 g/mol. The van der Waals surface area contributed by atoms with Gasteiger partial charge in [0.2, 0.25) is 15.9 Å². The highest BCUT2D eigenvalue weighted by Crippen LogP contribution is 2.14. The number of benzene rings is 1. The number of sulfonamides is 1. The van der Waals surface area contributed by atoms with Gasteiger partial charge in [0.05, 0.1) is 17.1 Å². The number of carbonyl (C=O) groups is 1. The number of hydrogen-bond acceptors (Lipinski definition) is 4. The summed E-state index contributed by atoms with van der Waals surface area (Å²) in [5, 5.41) is 6.26. The summed E-state index contributed by atoms with van der Waals surface area (Å²) < 4.78 is 25.5. The number of amides is 1. The fraction of sp³-hybridized carbons (Fsp3) is 0.154. The average Bonchev–Trinajstić information content (AvgIpc) is 2.92. The number of hydrogen-bond donors (Lipinski definition) is 1. The Labute approximate surface area is 121 Å². The monoisotopic (exact) mass is 310 g/mol. The van der Waals surface area contributed by atoms with Crippen molar-refractivity contribution in [2.45, 2.75) is 4.90 Å². The van der Waals surface area contributed by atoms with Crippen LogP contribution in [0.2, 0.25) is 0 Å². The Morgan fingerprint density at radius 2 is 1.95 bits per heavy atom. The van der Waals surface area contributed by atoms with Gasteiger partial charge in [-0.1, -0.05) is 18.2 Å². The molecular weight excluding hydrogens is 296 g/mol. The third kappa shape index (κ3) is 3.44. The molecule has 0 aliphatic heterocycles. The smallest absolute Gasteiger partial charge is 0.243 e. The van der Waals surface area contributed by atoms with Gasteiger partial charge in [-0.05, 0) is 23.6 Å². The van der Waals surface area contributed by atoms with Crippen LogP contribution in [0.5, 0.6) is 0 Å². The summed E-state index contributed by atoms with van der Waals surface area (Å²) in [6, 6.07) is 9.79. The Kier molecular flexibility index (Phi) is 4.53. The Hall–Kier alpha value is -1.70. The summed E-state index contributed by atoms with van der Waals surface area (Å²) in [5.41, 5.74) is 0.672. The molecule has 0 atom stereocenters. The molecule has 1 N–H and O–H groups in total. The summed E-state index contributed by atoms with van der Waals surface area (Å²) in [5.74, 6) is -0.370. The highest BCUT2D eigenvalue weighted by atomic mass is 32.2. The van der Waals surface area contributed by atoms with Crippen molar-refractivity contribution in [2.24, 2.45) is 0 Å². The molecule has 0 fully saturated rings. The van der Waals surface area contributed by atoms with E-state index in [0.29, 0.717) is 5.69 Å². The van der Waals surface area contributed by atoms with Crippen LogP contribution in [0.3, 0.4) is 0 Å². The van der Waals surface area contributed by atoms with Crippen molar-refractivity contribution in [3.8, 4) is 0 Å². The van der Waals surface area contributed by atoms with Crippen LogP contribution in [0, 0.1) is 0 Å². The zero-order valence-electron chi connectivity index (χ0n) is 10.8. The molecule has 1 aromatic carbocycles. The fourth-order valence-corrected chi connectivity index (χ4v) is 3.33. The van der Waals surface area contributed by atoms with E-state index >= 15 is 0 Å². The van der Waals surface area contributed by atoms with E-state index < -0.39 is 10.0 Å². The lowest BCUT2D eigenvalue weighted by Crippen LogP contribution is -2.34. The Morgan fingerprint density at radius 1 is 1.25 bits per heavy atom. The topological polar surface area (TPSA) is 66.5 Å². The molecule has 5 nitrogen and oxygen atoms in total. The van der Waals surface area contributed by atoms with E-state index in [2.05, 4.69) is 5.32 Å². The first-order valence-corrected chi connectivity index (χ1v) is 8.22. The number of carbonyl (C=O) groups excluding carboxylic acids is 1. The van der Waals surface area contributed by atoms with Crippen LogP contribution in [-0.2, 0) is 14.8 Å². The van der Waals surface area contributed by atoms with Crippen molar-refractivity contribution in [1.82, 2.24) is 4.31 Å². The van der Waals surface area contributed by atoms with Crippen LogP contribution in [0.4, 0.5) is 5.69 Å². The molecule has 1 heterocycles. The molecule has 0 saturated carbocycles. The third-order valence-electron chi connectivity index (χ3n) is 2.62. The molecule has 0 saturated heterocycles. The SMILES string of the molecule is CN(CC(=O)Nc1ccsc1)S(=O)(=O)c1ccccc1. The highest BCUT2D eigenvalue weighted by Gasteiger charge is 2.22. The molecule has 2 aromatic rings. The number of rotatable bonds is 5. The molecule has 0 bridgehead atoms. The zero-order valence-corrected chi connectivity index (χ0v) is 12.4. The van der Waals surface area contributed by atoms with Crippen molar-refractivity contribution in [3.05, 3.63) is 47.2 Å². The predicted octanol–water partition coefficient (Wildman–Crippen LogP) is 2.01. The maximum absolute atomic E-state index is 12.2. The number of anilines is 1. The second kappa shape index (κ2) is 6.17. The molecule has 0 aliphatic rings. The van der Waals surface area contributed by atoms with Gasteiger partial charge in [0, 0.05) is 12.4 Å². The molecular formula is C13H14N2O3S2. The van der Waals surface area contributed by atoms with E-state index in [9.17, 15) is 13.2 Å². The van der Waals surface area contributed by atoms with Gasteiger partial charge in [-0.2, -0.15) is 15.6 Å². The van der Waals surface area contributed by atoms with Gasteiger partial charge in [0.25, 0.3) is 0 Å². The number of thiophene rings is 1. The van der Waals surface area contributed by atoms with Gasteiger partial charge in [-0.15, -0.1) is 0 Å². The Balaban J connectivity index is 2.04. The molecule has 0 spiro atoms. The van der Waals surface area contributed by atoms with E-state index in [4.69, 9.17) is 0 Å². The molecule has 2 rings (SSSR count). The third-order valence-corrected chi connectivity index (χ3v) is 5.12. The first-order chi connectivity index (χ1) is 9.50. The van der Waals surface area contributed by atoms with Crippen molar-refractivity contribution in [1.29, 1.82) is 0 Å². The molecule has 20 heavy (non-hydrogen) atoms. The van der Waals surface area contributed by atoms with Crippen molar-refractivity contribution < 1.29 is 13.2 Å². The molecule has 1 amide bonds. The van der Waals surface area contributed by atoms with Crippen LogP contribution in [0.1, 0.15) is 0 Å². The standard InChI is InChI=1S/C13H14N2O3S2/c1-15(9-13(16)14-11-7-8-19-10-11)20(17,18)12-5-3-2-4-6-12/h2-8,10H,9H2,1H3,(H,14,16). The van der Waals surface area contributed by atoms with E-state index in [1.807, 2.05) is 5.38 Å². The summed E-state index contributed by atoms with van der Waals surface area (Å²) in [6.07, 6.45) is 0. The van der Waals surface area contributed by atoms with Crippen LogP contribution in [0.25, 0.3) is 0 Å². The van der Waals surface area contributed by atoms with E-state index in [1.165, 1.54) is 30.5 Å². The largest absolute Gasteiger partial charge is 0.324 e. The lowest BCUT2D eigenvalue weighted by molar-refractivity contribution is -0.116. The van der Waals surface area contributed by atoms with Crippen LogP contribution in [0.15, 0.2) is 52.1 Å². The molecule has 7 heteroatoms. The number of likely N-dealkylation sites (N-methyl/N-ethyl adjacent to an activating group) is 1. The second-order valence-corrected chi connectivity index (χ2v) is 6.96. The fourth-order valence-electron chi connectivity index (χ4n) is 1.60. The molecule has 106 valence electrons. The van der Waals surface area contributed by atoms with Crippen molar-refractivity contribution >= 4 is 33.0 Å². The quantitative estimate of drug-likeness (QED) is 0.918. The van der Waals surface area contributed by atoms with E-state index in [1.54, 1.807) is 29.6 Å². The van der Waals surface area contributed by atoms with Gasteiger partial charge in [-0.3, -0.25) is 4.79 Å². The van der Waals surface area contributed by atoms with Gasteiger partial charge in [0.15, 0.2) is 0 Å². The van der Waals surface area contributed by atoms with Gasteiger partial charge in [0.1, 0.15) is 0 Å². The van der Waals surface area contributed by atoms with E-state index in [-0.39, 0.29) is 17.3 Å². The molecule has 0 aliphatic carbocycles. The molecule has 1 aromatic heterocycles. The van der Waals surface area contributed by atoms with Crippen molar-refractivity contribution in [3.63, 3.8) is 0 Å². The Bertz CT molecular complexity index is 667. The number of nitrogens with zero attached hydrogens (tertiary/aromatic N) is 1.